The summed E-state index contributed by atoms with van der Waals surface area (Å²) in [7, 11) is 0. The van der Waals surface area contributed by atoms with Crippen LogP contribution >= 0.6 is 11.3 Å². The summed E-state index contributed by atoms with van der Waals surface area (Å²) in [6.07, 6.45) is 4.36. The molecule has 0 unspecified atom stereocenters. The van der Waals surface area contributed by atoms with Gasteiger partial charge in [-0.15, -0.1) is 11.3 Å². The number of fused-ring (bicyclic) bond motifs is 1. The molecule has 2 aromatic rings. The van der Waals surface area contributed by atoms with E-state index in [1.807, 2.05) is 6.20 Å². The van der Waals surface area contributed by atoms with Crippen molar-refractivity contribution in [1.29, 1.82) is 0 Å². The fraction of sp³-hybridized carbons (Fsp3) is 0.417. The lowest BCUT2D eigenvalue weighted by atomic mass is 10.1. The third kappa shape index (κ3) is 1.90. The first-order valence-electron chi connectivity index (χ1n) is 5.73. The Balaban J connectivity index is 1.85. The van der Waals surface area contributed by atoms with Crippen molar-refractivity contribution >= 4 is 27.2 Å². The molecule has 0 saturated carbocycles. The first kappa shape index (κ1) is 10.1. The SMILES string of the molecule is c1cc2sccc2c(N[C@@H]2CCCNC2)n1. The molecule has 3 nitrogen and oxygen atoms in total. The minimum atomic E-state index is 0.520. The van der Waals surface area contributed by atoms with Crippen molar-refractivity contribution < 1.29 is 0 Å². The summed E-state index contributed by atoms with van der Waals surface area (Å²) in [5, 5.41) is 10.3. The highest BCUT2D eigenvalue weighted by Crippen LogP contribution is 2.26. The van der Waals surface area contributed by atoms with Crippen LogP contribution in [0.5, 0.6) is 0 Å². The van der Waals surface area contributed by atoms with Gasteiger partial charge in [-0.25, -0.2) is 4.98 Å². The maximum atomic E-state index is 4.44. The fourth-order valence-electron chi connectivity index (χ4n) is 2.18. The Bertz CT molecular complexity index is 474. The summed E-state index contributed by atoms with van der Waals surface area (Å²) < 4.78 is 1.31. The average Bonchev–Trinajstić information content (AvgIpc) is 2.80. The van der Waals surface area contributed by atoms with Crippen molar-refractivity contribution in [3.63, 3.8) is 0 Å². The first-order chi connectivity index (χ1) is 7.93. The Morgan fingerprint density at radius 2 is 2.44 bits per heavy atom. The molecule has 2 aromatic heterocycles. The highest BCUT2D eigenvalue weighted by molar-refractivity contribution is 7.17. The molecule has 16 heavy (non-hydrogen) atoms. The van der Waals surface area contributed by atoms with Crippen molar-refractivity contribution in [2.75, 3.05) is 18.4 Å². The molecule has 3 rings (SSSR count). The van der Waals surface area contributed by atoms with Crippen molar-refractivity contribution in [1.82, 2.24) is 10.3 Å². The Hall–Kier alpha value is -1.13. The number of thiophene rings is 1. The van der Waals surface area contributed by atoms with Gasteiger partial charge >= 0.3 is 0 Å². The highest BCUT2D eigenvalue weighted by atomic mass is 32.1. The lowest BCUT2D eigenvalue weighted by Gasteiger charge is -2.24. The second-order valence-electron chi connectivity index (χ2n) is 4.18. The van der Waals surface area contributed by atoms with Crippen molar-refractivity contribution in [3.05, 3.63) is 23.7 Å². The van der Waals surface area contributed by atoms with E-state index in [4.69, 9.17) is 0 Å². The number of nitrogens with one attached hydrogen (secondary N) is 2. The van der Waals surface area contributed by atoms with Crippen LogP contribution < -0.4 is 10.6 Å². The minimum absolute atomic E-state index is 0.520. The average molecular weight is 233 g/mol. The Morgan fingerprint density at radius 1 is 1.44 bits per heavy atom. The summed E-state index contributed by atoms with van der Waals surface area (Å²) in [4.78, 5) is 4.44. The van der Waals surface area contributed by atoms with Crippen molar-refractivity contribution in [3.8, 4) is 0 Å². The van der Waals surface area contributed by atoms with Gasteiger partial charge in [0.25, 0.3) is 0 Å². The van der Waals surface area contributed by atoms with Crippen LogP contribution in [0.3, 0.4) is 0 Å². The molecular weight excluding hydrogens is 218 g/mol. The second kappa shape index (κ2) is 4.39. The third-order valence-electron chi connectivity index (χ3n) is 3.02. The lowest BCUT2D eigenvalue weighted by Crippen LogP contribution is -2.38. The van der Waals surface area contributed by atoms with Gasteiger partial charge in [-0.1, -0.05) is 0 Å². The molecule has 2 N–H and O–H groups in total. The molecule has 1 aliphatic heterocycles. The molecule has 0 radical (unpaired) electrons. The fourth-order valence-corrected chi connectivity index (χ4v) is 2.96. The van der Waals surface area contributed by atoms with Gasteiger partial charge in [-0.3, -0.25) is 0 Å². The van der Waals surface area contributed by atoms with E-state index < -0.39 is 0 Å². The topological polar surface area (TPSA) is 37.0 Å². The number of piperidine rings is 1. The van der Waals surface area contributed by atoms with Crippen LogP contribution in [0.15, 0.2) is 23.7 Å². The van der Waals surface area contributed by atoms with E-state index in [-0.39, 0.29) is 0 Å². The molecule has 3 heterocycles. The summed E-state index contributed by atoms with van der Waals surface area (Å²) in [6, 6.07) is 4.74. The number of pyridine rings is 1. The van der Waals surface area contributed by atoms with E-state index in [1.54, 1.807) is 11.3 Å². The molecule has 1 aliphatic rings. The Kier molecular flexibility index (Phi) is 2.76. The lowest BCUT2D eigenvalue weighted by molar-refractivity contribution is 0.479. The number of aromatic nitrogens is 1. The molecule has 84 valence electrons. The predicted octanol–water partition coefficient (Wildman–Crippen LogP) is 2.46. The number of hydrogen-bond acceptors (Lipinski definition) is 4. The number of nitrogens with zero attached hydrogens (tertiary/aromatic N) is 1. The molecular formula is C12H15N3S. The van der Waals surface area contributed by atoms with Crippen LogP contribution in [0.1, 0.15) is 12.8 Å². The molecule has 0 aromatic carbocycles. The quantitative estimate of drug-likeness (QED) is 0.836. The first-order valence-corrected chi connectivity index (χ1v) is 6.61. The van der Waals surface area contributed by atoms with Crippen molar-refractivity contribution in [2.45, 2.75) is 18.9 Å². The predicted molar refractivity (Wildman–Crippen MR) is 69.1 cm³/mol. The highest BCUT2D eigenvalue weighted by Gasteiger charge is 2.14. The molecule has 0 spiro atoms. The van der Waals surface area contributed by atoms with Crippen LogP contribution in [0.2, 0.25) is 0 Å². The van der Waals surface area contributed by atoms with E-state index in [2.05, 4.69) is 33.1 Å². The molecule has 1 atom stereocenters. The van der Waals surface area contributed by atoms with Gasteiger partial charge < -0.3 is 10.6 Å². The van der Waals surface area contributed by atoms with Crippen molar-refractivity contribution in [2.24, 2.45) is 0 Å². The zero-order valence-corrected chi connectivity index (χ0v) is 9.89. The number of anilines is 1. The smallest absolute Gasteiger partial charge is 0.134 e. The summed E-state index contributed by atoms with van der Waals surface area (Å²) in [6.45, 7) is 2.19. The monoisotopic (exact) mass is 233 g/mol. The maximum Gasteiger partial charge on any atom is 0.134 e. The molecule has 1 fully saturated rings. The van der Waals surface area contributed by atoms with E-state index in [0.717, 1.165) is 18.9 Å². The molecule has 0 bridgehead atoms. The van der Waals surface area contributed by atoms with E-state index in [1.165, 1.54) is 22.9 Å². The van der Waals surface area contributed by atoms with Crippen LogP contribution in [0.4, 0.5) is 5.82 Å². The zero-order chi connectivity index (χ0) is 10.8. The normalized spacial score (nSPS) is 21.1. The Morgan fingerprint density at radius 3 is 3.31 bits per heavy atom. The van der Waals surface area contributed by atoms with E-state index in [9.17, 15) is 0 Å². The summed E-state index contributed by atoms with van der Waals surface area (Å²) in [5.41, 5.74) is 0. The molecule has 0 aliphatic carbocycles. The maximum absolute atomic E-state index is 4.44. The zero-order valence-electron chi connectivity index (χ0n) is 9.07. The van der Waals surface area contributed by atoms with Crippen LogP contribution in [-0.4, -0.2) is 24.1 Å². The number of hydrogen-bond donors (Lipinski definition) is 2. The van der Waals surface area contributed by atoms with Gasteiger partial charge in [0, 0.05) is 28.9 Å². The minimum Gasteiger partial charge on any atom is -0.366 e. The standard InChI is InChI=1S/C12H15N3S/c1-2-9(8-13-5-1)15-12-10-4-7-16-11(10)3-6-14-12/h3-4,6-7,9,13H,1-2,5,8H2,(H,14,15)/t9-/m1/s1. The molecule has 1 saturated heterocycles. The summed E-state index contributed by atoms with van der Waals surface area (Å²) in [5.74, 6) is 1.03. The van der Waals surface area contributed by atoms with Gasteiger partial charge in [0.15, 0.2) is 0 Å². The van der Waals surface area contributed by atoms with E-state index in [0.29, 0.717) is 6.04 Å². The van der Waals surface area contributed by atoms with Gasteiger partial charge in [-0.05, 0) is 36.9 Å². The third-order valence-corrected chi connectivity index (χ3v) is 3.90. The molecule has 0 amide bonds. The van der Waals surface area contributed by atoms with E-state index >= 15 is 0 Å². The second-order valence-corrected chi connectivity index (χ2v) is 5.13. The van der Waals surface area contributed by atoms with Crippen LogP contribution in [0, 0.1) is 0 Å². The van der Waals surface area contributed by atoms with Gasteiger partial charge in [0.05, 0.1) is 0 Å². The van der Waals surface area contributed by atoms with Gasteiger partial charge in [-0.2, -0.15) is 0 Å². The number of rotatable bonds is 2. The van der Waals surface area contributed by atoms with Gasteiger partial charge in [0.1, 0.15) is 5.82 Å². The molecule has 4 heteroatoms. The Labute approximate surface area is 98.9 Å². The van der Waals surface area contributed by atoms with Crippen LogP contribution in [-0.2, 0) is 0 Å². The van der Waals surface area contributed by atoms with Gasteiger partial charge in [0.2, 0.25) is 0 Å². The largest absolute Gasteiger partial charge is 0.366 e. The van der Waals surface area contributed by atoms with Crippen LogP contribution in [0.25, 0.3) is 10.1 Å². The summed E-state index contributed by atoms with van der Waals surface area (Å²) >= 11 is 1.77.